The fraction of sp³-hybridized carbons (Fsp3) is 0.714. The number of nitrogens with one attached hydrogen (secondary N) is 1. The zero-order valence-corrected chi connectivity index (χ0v) is 13.7. The monoisotopic (exact) mass is 301 g/mol. The van der Waals surface area contributed by atoms with Gasteiger partial charge < -0.3 is 5.32 Å². The Bertz CT molecular complexity index is 372. The van der Waals surface area contributed by atoms with Crippen LogP contribution >= 0.6 is 23.4 Å². The lowest BCUT2D eigenvalue weighted by molar-refractivity contribution is 0.687. The maximum absolute atomic E-state index is 6.13. The molecule has 3 nitrogen and oxygen atoms in total. The molecule has 1 heterocycles. The number of aromatic nitrogens is 2. The van der Waals surface area contributed by atoms with Gasteiger partial charge in [0.1, 0.15) is 17.3 Å². The third-order valence-corrected chi connectivity index (χ3v) is 3.98. The molecular formula is C14H24ClN3S. The van der Waals surface area contributed by atoms with Crippen molar-refractivity contribution < 1.29 is 0 Å². The first kappa shape index (κ1) is 16.6. The van der Waals surface area contributed by atoms with Crippen molar-refractivity contribution in [1.29, 1.82) is 0 Å². The van der Waals surface area contributed by atoms with Crippen LogP contribution in [0.1, 0.15) is 51.0 Å². The molecule has 0 atom stereocenters. The molecule has 5 heteroatoms. The Balaban J connectivity index is 2.35. The molecule has 0 saturated heterocycles. The molecule has 1 N–H and O–H groups in total. The molecule has 0 bridgehead atoms. The Kier molecular flexibility index (Phi) is 8.22. The number of nitrogens with zero attached hydrogens (tertiary/aromatic N) is 2. The number of anilines is 1. The molecular weight excluding hydrogens is 278 g/mol. The van der Waals surface area contributed by atoms with Gasteiger partial charge in [-0.25, -0.2) is 9.97 Å². The predicted molar refractivity (Wildman–Crippen MR) is 86.5 cm³/mol. The second-order valence-corrected chi connectivity index (χ2v) is 6.26. The second kappa shape index (κ2) is 9.43. The largest absolute Gasteiger partial charge is 0.370 e. The van der Waals surface area contributed by atoms with Gasteiger partial charge in [-0.2, -0.15) is 11.8 Å². The maximum Gasteiger partial charge on any atom is 0.138 e. The van der Waals surface area contributed by atoms with Crippen molar-refractivity contribution in [2.75, 3.05) is 23.9 Å². The Morgan fingerprint density at radius 1 is 1.21 bits per heavy atom. The molecule has 1 rings (SSSR count). The Hall–Kier alpha value is -0.480. The molecule has 0 spiro atoms. The summed E-state index contributed by atoms with van der Waals surface area (Å²) in [5.41, 5.74) is 1.02. The van der Waals surface area contributed by atoms with Gasteiger partial charge in [0.15, 0.2) is 0 Å². The molecule has 0 aliphatic rings. The smallest absolute Gasteiger partial charge is 0.138 e. The number of unbranched alkanes of at least 4 members (excludes halogenated alkanes) is 3. The van der Waals surface area contributed by atoms with Crippen LogP contribution in [0.4, 0.5) is 5.82 Å². The fourth-order valence-electron chi connectivity index (χ4n) is 1.96. The van der Waals surface area contributed by atoms with E-state index in [2.05, 4.69) is 35.4 Å². The summed E-state index contributed by atoms with van der Waals surface area (Å²) in [6.45, 7) is 5.17. The minimum Gasteiger partial charge on any atom is -0.370 e. The summed E-state index contributed by atoms with van der Waals surface area (Å²) in [4.78, 5) is 8.35. The fourth-order valence-corrected chi connectivity index (χ4v) is 2.80. The summed E-state index contributed by atoms with van der Waals surface area (Å²) < 4.78 is 0. The SMILES string of the molecule is CSCCCCCCNc1ncnc(Cl)c1C(C)C. The maximum atomic E-state index is 6.13. The summed E-state index contributed by atoms with van der Waals surface area (Å²) in [5.74, 6) is 2.49. The van der Waals surface area contributed by atoms with Gasteiger partial charge in [-0.15, -0.1) is 0 Å². The van der Waals surface area contributed by atoms with Gasteiger partial charge in [-0.05, 0) is 30.8 Å². The molecule has 0 unspecified atom stereocenters. The molecule has 0 amide bonds. The summed E-state index contributed by atoms with van der Waals surface area (Å²) in [6, 6.07) is 0. The van der Waals surface area contributed by atoms with Crippen LogP contribution in [-0.4, -0.2) is 28.5 Å². The number of thioether (sulfide) groups is 1. The molecule has 19 heavy (non-hydrogen) atoms. The van der Waals surface area contributed by atoms with E-state index in [0.29, 0.717) is 11.1 Å². The van der Waals surface area contributed by atoms with Gasteiger partial charge in [0.25, 0.3) is 0 Å². The van der Waals surface area contributed by atoms with Crippen LogP contribution in [0.15, 0.2) is 6.33 Å². The first-order valence-corrected chi connectivity index (χ1v) is 8.67. The van der Waals surface area contributed by atoms with Crippen LogP contribution in [0.2, 0.25) is 5.15 Å². The average molecular weight is 302 g/mol. The number of hydrogen-bond acceptors (Lipinski definition) is 4. The number of rotatable bonds is 9. The topological polar surface area (TPSA) is 37.8 Å². The first-order chi connectivity index (χ1) is 9.16. The molecule has 0 fully saturated rings. The Morgan fingerprint density at radius 3 is 2.63 bits per heavy atom. The molecule has 0 saturated carbocycles. The van der Waals surface area contributed by atoms with Crippen molar-refractivity contribution in [3.8, 4) is 0 Å². The van der Waals surface area contributed by atoms with Crippen LogP contribution in [0.5, 0.6) is 0 Å². The quantitative estimate of drug-likeness (QED) is 0.535. The summed E-state index contributed by atoms with van der Waals surface area (Å²) in [7, 11) is 0. The normalized spacial score (nSPS) is 11.0. The highest BCUT2D eigenvalue weighted by Gasteiger charge is 2.12. The molecule has 0 aliphatic carbocycles. The lowest BCUT2D eigenvalue weighted by atomic mass is 10.1. The zero-order valence-electron chi connectivity index (χ0n) is 12.1. The summed E-state index contributed by atoms with van der Waals surface area (Å²) in [6.07, 6.45) is 8.75. The minimum absolute atomic E-state index is 0.331. The van der Waals surface area contributed by atoms with Crippen LogP contribution in [0.3, 0.4) is 0 Å². The van der Waals surface area contributed by atoms with Gasteiger partial charge in [-0.1, -0.05) is 38.3 Å². The predicted octanol–water partition coefficient (Wildman–Crippen LogP) is 4.59. The van der Waals surface area contributed by atoms with E-state index in [4.69, 9.17) is 11.6 Å². The van der Waals surface area contributed by atoms with Gasteiger partial charge in [-0.3, -0.25) is 0 Å². The van der Waals surface area contributed by atoms with Gasteiger partial charge in [0, 0.05) is 12.1 Å². The van der Waals surface area contributed by atoms with Crippen molar-refractivity contribution in [2.24, 2.45) is 0 Å². The van der Waals surface area contributed by atoms with Crippen LogP contribution in [-0.2, 0) is 0 Å². The average Bonchev–Trinajstić information content (AvgIpc) is 2.37. The zero-order chi connectivity index (χ0) is 14.1. The van der Waals surface area contributed by atoms with Crippen LogP contribution in [0, 0.1) is 0 Å². The molecule has 0 aromatic carbocycles. The third kappa shape index (κ3) is 6.00. The van der Waals surface area contributed by atoms with Gasteiger partial charge in [0.05, 0.1) is 0 Å². The van der Waals surface area contributed by atoms with Crippen molar-refractivity contribution in [1.82, 2.24) is 9.97 Å². The van der Waals surface area contributed by atoms with E-state index in [1.54, 1.807) is 0 Å². The lowest BCUT2D eigenvalue weighted by Gasteiger charge is -2.14. The Morgan fingerprint density at radius 2 is 1.95 bits per heavy atom. The van der Waals surface area contributed by atoms with Crippen molar-refractivity contribution in [2.45, 2.75) is 45.4 Å². The molecule has 0 radical (unpaired) electrons. The highest BCUT2D eigenvalue weighted by molar-refractivity contribution is 7.98. The first-order valence-electron chi connectivity index (χ1n) is 6.90. The van der Waals surface area contributed by atoms with E-state index in [1.165, 1.54) is 37.8 Å². The summed E-state index contributed by atoms with van der Waals surface area (Å²) in [5, 5.41) is 3.95. The summed E-state index contributed by atoms with van der Waals surface area (Å²) >= 11 is 8.05. The standard InChI is InChI=1S/C14H24ClN3S/c1-11(2)12-13(15)17-10-18-14(12)16-8-6-4-5-7-9-19-3/h10-11H,4-9H2,1-3H3,(H,16,17,18). The number of hydrogen-bond donors (Lipinski definition) is 1. The second-order valence-electron chi connectivity index (χ2n) is 4.92. The van der Waals surface area contributed by atoms with Crippen LogP contribution < -0.4 is 5.32 Å². The van der Waals surface area contributed by atoms with E-state index >= 15 is 0 Å². The van der Waals surface area contributed by atoms with E-state index < -0.39 is 0 Å². The van der Waals surface area contributed by atoms with E-state index in [1.807, 2.05) is 11.8 Å². The highest BCUT2D eigenvalue weighted by atomic mass is 35.5. The van der Waals surface area contributed by atoms with Crippen molar-refractivity contribution in [3.63, 3.8) is 0 Å². The molecule has 108 valence electrons. The lowest BCUT2D eigenvalue weighted by Crippen LogP contribution is -2.08. The van der Waals surface area contributed by atoms with E-state index in [0.717, 1.165) is 17.9 Å². The highest BCUT2D eigenvalue weighted by Crippen LogP contribution is 2.27. The molecule has 0 aliphatic heterocycles. The molecule has 1 aromatic rings. The Labute approximate surface area is 125 Å². The van der Waals surface area contributed by atoms with Crippen molar-refractivity contribution >= 4 is 29.2 Å². The number of halogens is 1. The van der Waals surface area contributed by atoms with Gasteiger partial charge in [0.2, 0.25) is 0 Å². The van der Waals surface area contributed by atoms with E-state index in [9.17, 15) is 0 Å². The molecule has 1 aromatic heterocycles. The van der Waals surface area contributed by atoms with E-state index in [-0.39, 0.29) is 0 Å². The van der Waals surface area contributed by atoms with Crippen molar-refractivity contribution in [3.05, 3.63) is 17.0 Å². The third-order valence-electron chi connectivity index (χ3n) is 2.98. The van der Waals surface area contributed by atoms with Crippen LogP contribution in [0.25, 0.3) is 0 Å². The minimum atomic E-state index is 0.331. The van der Waals surface area contributed by atoms with Gasteiger partial charge >= 0.3 is 0 Å².